The van der Waals surface area contributed by atoms with E-state index in [-0.39, 0.29) is 36.0 Å². The summed E-state index contributed by atoms with van der Waals surface area (Å²) >= 11 is 0. The molecule has 2 aromatic heterocycles. The summed E-state index contributed by atoms with van der Waals surface area (Å²) in [6, 6.07) is 6.99. The van der Waals surface area contributed by atoms with Gasteiger partial charge in [-0.05, 0) is 51.8 Å². The van der Waals surface area contributed by atoms with Crippen LogP contribution >= 0.6 is 7.75 Å². The second kappa shape index (κ2) is 11.2. The zero-order chi connectivity index (χ0) is 27.6. The second-order valence-corrected chi connectivity index (χ2v) is 11.2. The summed E-state index contributed by atoms with van der Waals surface area (Å²) in [6.45, 7) is 10.5. The summed E-state index contributed by atoms with van der Waals surface area (Å²) in [5, 5.41) is 13.5. The quantitative estimate of drug-likeness (QED) is 0.196. The fourth-order valence-corrected chi connectivity index (χ4v) is 5.84. The van der Waals surface area contributed by atoms with Crippen molar-refractivity contribution in [3.8, 4) is 5.75 Å². The van der Waals surface area contributed by atoms with E-state index >= 15 is 0 Å². The van der Waals surface area contributed by atoms with Crippen LogP contribution < -0.4 is 15.2 Å². The zero-order valence-corrected chi connectivity index (χ0v) is 22.6. The third-order valence-corrected chi connectivity index (χ3v) is 7.81. The maximum absolute atomic E-state index is 13.8. The monoisotopic (exact) mass is 545 g/mol. The molecular formula is C25H32N5O7P. The molecule has 204 valence electrons. The van der Waals surface area contributed by atoms with E-state index in [9.17, 15) is 19.3 Å². The number of nitrogens with one attached hydrogen (secondary N) is 2. The van der Waals surface area contributed by atoms with E-state index in [1.54, 1.807) is 55.7 Å². The van der Waals surface area contributed by atoms with E-state index in [0.717, 1.165) is 0 Å². The molecule has 0 bridgehead atoms. The normalized spacial score (nSPS) is 21.9. The lowest BCUT2D eigenvalue weighted by atomic mass is 10.0. The van der Waals surface area contributed by atoms with Gasteiger partial charge in [-0.2, -0.15) is 5.09 Å². The number of aromatic amines is 1. The summed E-state index contributed by atoms with van der Waals surface area (Å²) in [6.07, 6.45) is 0.511. The van der Waals surface area contributed by atoms with Crippen LogP contribution in [-0.2, 0) is 18.6 Å². The van der Waals surface area contributed by atoms with Gasteiger partial charge in [0.25, 0.3) is 5.56 Å². The SMILES string of the molecule is C=C1[C@H](CO[P@](=O)(N[C@@H](C)C(=O)OC(C)C)Oc2ccccc2)[C@@H](O)C[C@@H]1n1cnc2c(=O)[nH]c(C)nc21. The van der Waals surface area contributed by atoms with Crippen molar-refractivity contribution in [3.05, 3.63) is 65.0 Å². The van der Waals surface area contributed by atoms with Gasteiger partial charge < -0.3 is 23.9 Å². The van der Waals surface area contributed by atoms with Gasteiger partial charge in [0, 0.05) is 5.92 Å². The fourth-order valence-electron chi connectivity index (χ4n) is 4.33. The van der Waals surface area contributed by atoms with Crippen LogP contribution in [0.25, 0.3) is 11.2 Å². The number of nitrogens with zero attached hydrogens (tertiary/aromatic N) is 3. The Kier molecular flexibility index (Phi) is 8.17. The molecule has 3 aromatic rings. The van der Waals surface area contributed by atoms with Crippen molar-refractivity contribution < 1.29 is 28.3 Å². The number of aliphatic hydroxyl groups excluding tert-OH is 1. The number of aliphatic hydroxyl groups is 1. The minimum Gasteiger partial charge on any atom is -0.462 e. The van der Waals surface area contributed by atoms with Crippen LogP contribution in [0, 0.1) is 12.8 Å². The van der Waals surface area contributed by atoms with Gasteiger partial charge >= 0.3 is 13.7 Å². The molecule has 1 aromatic carbocycles. The fraction of sp³-hybridized carbons (Fsp3) is 0.440. The maximum atomic E-state index is 13.8. The molecule has 0 amide bonds. The highest BCUT2D eigenvalue weighted by Gasteiger charge is 2.41. The van der Waals surface area contributed by atoms with Gasteiger partial charge in [-0.1, -0.05) is 24.8 Å². The molecule has 1 aliphatic carbocycles. The van der Waals surface area contributed by atoms with Crippen LogP contribution in [0.1, 0.15) is 39.1 Å². The van der Waals surface area contributed by atoms with Gasteiger partial charge in [0.15, 0.2) is 11.2 Å². The van der Waals surface area contributed by atoms with Crippen LogP contribution in [0.4, 0.5) is 0 Å². The summed E-state index contributed by atoms with van der Waals surface area (Å²) < 4.78 is 32.1. The van der Waals surface area contributed by atoms with Crippen LogP contribution in [-0.4, -0.2) is 55.5 Å². The third-order valence-electron chi connectivity index (χ3n) is 6.17. The first kappa shape index (κ1) is 27.7. The van der Waals surface area contributed by atoms with Crippen LogP contribution in [0.2, 0.25) is 0 Å². The highest BCUT2D eigenvalue weighted by molar-refractivity contribution is 7.52. The summed E-state index contributed by atoms with van der Waals surface area (Å²) in [5.74, 6) is -0.528. The van der Waals surface area contributed by atoms with Crippen molar-refractivity contribution in [1.29, 1.82) is 0 Å². The zero-order valence-electron chi connectivity index (χ0n) is 21.7. The molecule has 1 fully saturated rings. The molecule has 0 radical (unpaired) electrons. The lowest BCUT2D eigenvalue weighted by Gasteiger charge is -2.25. The number of carbonyl (C=O) groups is 1. The number of benzene rings is 1. The number of fused-ring (bicyclic) bond motifs is 1. The number of aryl methyl sites for hydroxylation is 1. The Balaban J connectivity index is 1.53. The minimum atomic E-state index is -4.11. The Morgan fingerprint density at radius 3 is 2.71 bits per heavy atom. The Morgan fingerprint density at radius 1 is 1.32 bits per heavy atom. The molecule has 0 unspecified atom stereocenters. The van der Waals surface area contributed by atoms with E-state index in [1.165, 1.54) is 13.3 Å². The number of rotatable bonds is 10. The lowest BCUT2D eigenvalue weighted by Crippen LogP contribution is -2.36. The van der Waals surface area contributed by atoms with Crippen molar-refractivity contribution in [1.82, 2.24) is 24.6 Å². The molecule has 0 aliphatic heterocycles. The third kappa shape index (κ3) is 6.05. The van der Waals surface area contributed by atoms with E-state index in [0.29, 0.717) is 17.0 Å². The van der Waals surface area contributed by atoms with Crippen LogP contribution in [0.15, 0.2) is 53.6 Å². The number of hydrogen-bond donors (Lipinski definition) is 3. The number of aromatic nitrogens is 4. The standard InChI is InChI=1S/C25H32N5O7P/c1-14(2)36-25(33)16(4)29-38(34,37-18-9-7-6-8-10-18)35-12-19-15(3)20(11-21(19)31)30-13-26-22-23(30)27-17(5)28-24(22)32/h6-10,13-14,16,19-21,31H,3,11-12H2,1-2,4-5H3,(H,29,34)(H,27,28,32)/t16-,19-,20-,21-,38+/m0/s1. The Labute approximate surface area is 219 Å². The molecule has 1 aliphatic rings. The van der Waals surface area contributed by atoms with Crippen molar-refractivity contribution in [3.63, 3.8) is 0 Å². The molecular weight excluding hydrogens is 513 g/mol. The molecule has 12 nitrogen and oxygen atoms in total. The van der Waals surface area contributed by atoms with Crippen LogP contribution in [0.5, 0.6) is 5.75 Å². The van der Waals surface area contributed by atoms with Gasteiger partial charge in [0.05, 0.1) is 31.2 Å². The molecule has 5 atom stereocenters. The second-order valence-electron chi connectivity index (χ2n) is 9.51. The molecule has 13 heteroatoms. The van der Waals surface area contributed by atoms with Crippen molar-refractivity contribution in [2.75, 3.05) is 6.61 Å². The van der Waals surface area contributed by atoms with E-state index in [2.05, 4.69) is 26.6 Å². The number of carbonyl (C=O) groups excluding carboxylic acids is 1. The average Bonchev–Trinajstić information content (AvgIpc) is 3.38. The van der Waals surface area contributed by atoms with Gasteiger partial charge in [-0.3, -0.25) is 14.1 Å². The minimum absolute atomic E-state index is 0.185. The summed E-state index contributed by atoms with van der Waals surface area (Å²) in [5.41, 5.74) is 0.800. The molecule has 2 heterocycles. The van der Waals surface area contributed by atoms with E-state index in [1.807, 2.05) is 0 Å². The predicted octanol–water partition coefficient (Wildman–Crippen LogP) is 3.04. The largest absolute Gasteiger partial charge is 0.462 e. The number of hydrogen-bond acceptors (Lipinski definition) is 9. The number of H-pyrrole nitrogens is 1. The van der Waals surface area contributed by atoms with Crippen molar-refractivity contribution in [2.24, 2.45) is 5.92 Å². The summed E-state index contributed by atoms with van der Waals surface area (Å²) in [4.78, 5) is 35.8. The number of imidazole rings is 1. The predicted molar refractivity (Wildman–Crippen MR) is 140 cm³/mol. The van der Waals surface area contributed by atoms with Crippen molar-refractivity contribution in [2.45, 2.75) is 58.4 Å². The number of para-hydroxylation sites is 1. The Bertz CT molecular complexity index is 1420. The molecule has 38 heavy (non-hydrogen) atoms. The molecule has 4 rings (SSSR count). The highest BCUT2D eigenvalue weighted by atomic mass is 31.2. The van der Waals surface area contributed by atoms with E-state index in [4.69, 9.17) is 13.8 Å². The topological polar surface area (TPSA) is 158 Å². The van der Waals surface area contributed by atoms with Gasteiger partial charge in [-0.15, -0.1) is 0 Å². The molecule has 0 spiro atoms. The van der Waals surface area contributed by atoms with Crippen molar-refractivity contribution >= 4 is 24.9 Å². The van der Waals surface area contributed by atoms with E-state index < -0.39 is 37.8 Å². The van der Waals surface area contributed by atoms with Crippen LogP contribution in [0.3, 0.4) is 0 Å². The lowest BCUT2D eigenvalue weighted by molar-refractivity contribution is -0.149. The smallest absolute Gasteiger partial charge is 0.459 e. The average molecular weight is 546 g/mol. The molecule has 3 N–H and O–H groups in total. The maximum Gasteiger partial charge on any atom is 0.459 e. The first-order valence-corrected chi connectivity index (χ1v) is 13.8. The van der Waals surface area contributed by atoms with Gasteiger partial charge in [-0.25, -0.2) is 14.5 Å². The molecule has 1 saturated carbocycles. The number of esters is 1. The van der Waals surface area contributed by atoms with Gasteiger partial charge in [0.1, 0.15) is 17.6 Å². The summed E-state index contributed by atoms with van der Waals surface area (Å²) in [7, 11) is -4.11. The first-order valence-electron chi connectivity index (χ1n) is 12.2. The Hall–Kier alpha value is -3.31. The van der Waals surface area contributed by atoms with Gasteiger partial charge in [0.2, 0.25) is 0 Å². The molecule has 0 saturated heterocycles. The Morgan fingerprint density at radius 2 is 2.03 bits per heavy atom. The first-order chi connectivity index (χ1) is 18.0. The number of ether oxygens (including phenoxy) is 1. The highest BCUT2D eigenvalue weighted by Crippen LogP contribution is 2.48.